The molecule has 0 bridgehead atoms. The SMILES string of the molecule is Cc1cnc(N2CCC2C(=O)Nc2cc3cc(-c4c(OC[C@H]5CCN5C(=O)OC(C)(C)C)cnn4C)ccn3n2)nc1. The molecule has 2 aliphatic heterocycles. The fourth-order valence-corrected chi connectivity index (χ4v) is 5.06. The van der Waals surface area contributed by atoms with Gasteiger partial charge in [0.05, 0.1) is 17.8 Å². The molecule has 2 saturated heterocycles. The predicted molar refractivity (Wildman–Crippen MR) is 155 cm³/mol. The second-order valence-electron chi connectivity index (χ2n) is 11.8. The lowest BCUT2D eigenvalue weighted by Gasteiger charge is -2.40. The van der Waals surface area contributed by atoms with E-state index >= 15 is 0 Å². The van der Waals surface area contributed by atoms with Crippen LogP contribution in [0.3, 0.4) is 0 Å². The van der Waals surface area contributed by atoms with Crippen LogP contribution in [0, 0.1) is 6.92 Å². The molecule has 6 rings (SSSR count). The van der Waals surface area contributed by atoms with Gasteiger partial charge in [0, 0.05) is 50.4 Å². The average Bonchev–Trinajstić information content (AvgIpc) is 3.44. The first-order valence-corrected chi connectivity index (χ1v) is 14.1. The number of fused-ring (bicyclic) bond motifs is 1. The van der Waals surface area contributed by atoms with Gasteiger partial charge < -0.3 is 24.6 Å². The number of likely N-dealkylation sites (tertiary alicyclic amines) is 1. The standard InChI is InChI=1S/C29H35N9O4/c1-18-14-30-27(31-15-18)37-10-8-22(37)26(39)33-24-13-21-12-19(6-11-38(21)34-24)25-23(16-32-35(25)5)41-17-20-7-9-36(20)28(40)42-29(2,3)4/h6,11-16,20,22H,7-10,17H2,1-5H3,(H,33,34,39)/t20-,22?/m1/s1. The molecule has 0 radical (unpaired) electrons. The molecule has 2 fully saturated rings. The summed E-state index contributed by atoms with van der Waals surface area (Å²) in [5.41, 5.74) is 2.91. The minimum atomic E-state index is -0.544. The van der Waals surface area contributed by atoms with Crippen molar-refractivity contribution in [2.75, 3.05) is 29.9 Å². The first-order chi connectivity index (χ1) is 20.1. The Morgan fingerprint density at radius 1 is 1.10 bits per heavy atom. The van der Waals surface area contributed by atoms with Gasteiger partial charge in [0.2, 0.25) is 11.9 Å². The number of pyridine rings is 1. The van der Waals surface area contributed by atoms with Crippen molar-refractivity contribution in [3.63, 3.8) is 0 Å². The van der Waals surface area contributed by atoms with Crippen molar-refractivity contribution in [1.82, 2.24) is 34.3 Å². The number of anilines is 2. The van der Waals surface area contributed by atoms with Gasteiger partial charge in [0.25, 0.3) is 0 Å². The number of carbonyl (C=O) groups excluding carboxylic acids is 2. The van der Waals surface area contributed by atoms with Crippen LogP contribution < -0.4 is 15.0 Å². The highest BCUT2D eigenvalue weighted by molar-refractivity contribution is 5.97. The van der Waals surface area contributed by atoms with E-state index in [2.05, 4.69) is 25.5 Å². The number of carbonyl (C=O) groups is 2. The monoisotopic (exact) mass is 573 g/mol. The number of rotatable bonds is 7. The smallest absolute Gasteiger partial charge is 0.410 e. The molecule has 0 spiro atoms. The molecule has 2 aliphatic rings. The second kappa shape index (κ2) is 10.6. The van der Waals surface area contributed by atoms with E-state index < -0.39 is 5.60 Å². The molecule has 2 atom stereocenters. The van der Waals surface area contributed by atoms with Crippen LogP contribution in [0.15, 0.2) is 43.0 Å². The van der Waals surface area contributed by atoms with Crippen molar-refractivity contribution in [3.05, 3.63) is 48.5 Å². The third-order valence-corrected chi connectivity index (χ3v) is 7.44. The fourth-order valence-electron chi connectivity index (χ4n) is 5.06. The van der Waals surface area contributed by atoms with Crippen LogP contribution in [0.2, 0.25) is 0 Å². The van der Waals surface area contributed by atoms with Gasteiger partial charge in [-0.3, -0.25) is 9.48 Å². The van der Waals surface area contributed by atoms with E-state index in [-0.39, 0.29) is 24.1 Å². The quantitative estimate of drug-likeness (QED) is 0.353. The maximum Gasteiger partial charge on any atom is 0.410 e. The first-order valence-electron chi connectivity index (χ1n) is 14.1. The highest BCUT2D eigenvalue weighted by atomic mass is 16.6. The van der Waals surface area contributed by atoms with Crippen LogP contribution in [0.25, 0.3) is 16.8 Å². The molecule has 42 heavy (non-hydrogen) atoms. The van der Waals surface area contributed by atoms with E-state index in [1.165, 1.54) is 0 Å². The Bertz CT molecular complexity index is 1620. The topological polar surface area (TPSA) is 132 Å². The zero-order valence-electron chi connectivity index (χ0n) is 24.4. The van der Waals surface area contributed by atoms with Crippen molar-refractivity contribution in [1.29, 1.82) is 0 Å². The third kappa shape index (κ3) is 5.46. The van der Waals surface area contributed by atoms with Gasteiger partial charge in [0.1, 0.15) is 23.9 Å². The van der Waals surface area contributed by atoms with E-state index in [9.17, 15) is 9.59 Å². The van der Waals surface area contributed by atoms with E-state index in [1.54, 1.807) is 32.7 Å². The third-order valence-electron chi connectivity index (χ3n) is 7.44. The number of nitrogens with one attached hydrogen (secondary N) is 1. The van der Waals surface area contributed by atoms with Crippen molar-refractivity contribution in [2.24, 2.45) is 7.05 Å². The second-order valence-corrected chi connectivity index (χ2v) is 11.8. The molecule has 1 N–H and O–H groups in total. The van der Waals surface area contributed by atoms with Gasteiger partial charge >= 0.3 is 6.09 Å². The van der Waals surface area contributed by atoms with Crippen molar-refractivity contribution < 1.29 is 19.1 Å². The Hall–Kier alpha value is -4.68. The molecule has 13 heteroatoms. The highest BCUT2D eigenvalue weighted by Crippen LogP contribution is 2.32. The molecule has 0 saturated carbocycles. The lowest BCUT2D eigenvalue weighted by atomic mass is 10.0. The molecule has 220 valence electrons. The summed E-state index contributed by atoms with van der Waals surface area (Å²) in [7, 11) is 1.85. The zero-order valence-corrected chi connectivity index (χ0v) is 24.4. The number of nitrogens with zero attached hydrogens (tertiary/aromatic N) is 8. The summed E-state index contributed by atoms with van der Waals surface area (Å²) in [5.74, 6) is 1.49. The normalized spacial score (nSPS) is 18.4. The molecule has 4 aromatic rings. The van der Waals surface area contributed by atoms with Crippen LogP contribution in [0.5, 0.6) is 5.75 Å². The van der Waals surface area contributed by atoms with E-state index in [1.807, 2.05) is 64.0 Å². The van der Waals surface area contributed by atoms with Gasteiger partial charge in [-0.15, -0.1) is 0 Å². The molecule has 4 aromatic heterocycles. The summed E-state index contributed by atoms with van der Waals surface area (Å²) < 4.78 is 15.1. The minimum absolute atomic E-state index is 0.0550. The van der Waals surface area contributed by atoms with Gasteiger partial charge in [-0.1, -0.05) is 0 Å². The van der Waals surface area contributed by atoms with Crippen LogP contribution in [0.4, 0.5) is 16.6 Å². The Kier molecular flexibility index (Phi) is 6.95. The van der Waals surface area contributed by atoms with Crippen molar-refractivity contribution in [3.8, 4) is 17.0 Å². The summed E-state index contributed by atoms with van der Waals surface area (Å²) in [6, 6.07) is 5.33. The minimum Gasteiger partial charge on any atom is -0.487 e. The van der Waals surface area contributed by atoms with Crippen LogP contribution in [0.1, 0.15) is 39.2 Å². The molecular weight excluding hydrogens is 538 g/mol. The number of amides is 2. The van der Waals surface area contributed by atoms with Gasteiger partial charge in [-0.2, -0.15) is 10.2 Å². The fraction of sp³-hybridized carbons (Fsp3) is 0.448. The predicted octanol–water partition coefficient (Wildman–Crippen LogP) is 3.44. The number of ether oxygens (including phenoxy) is 2. The van der Waals surface area contributed by atoms with Crippen LogP contribution in [-0.2, 0) is 16.6 Å². The number of hydrogen-bond acceptors (Lipinski definition) is 9. The maximum atomic E-state index is 13.0. The summed E-state index contributed by atoms with van der Waals surface area (Å²) in [5, 5.41) is 11.9. The van der Waals surface area contributed by atoms with Crippen molar-refractivity contribution in [2.45, 2.75) is 58.2 Å². The zero-order chi connectivity index (χ0) is 29.6. The summed E-state index contributed by atoms with van der Waals surface area (Å²) in [4.78, 5) is 37.8. The summed E-state index contributed by atoms with van der Waals surface area (Å²) >= 11 is 0. The lowest BCUT2D eigenvalue weighted by molar-refractivity contribution is -0.118. The molecular formula is C29H35N9O4. The molecule has 13 nitrogen and oxygen atoms in total. The Labute approximate surface area is 243 Å². The summed E-state index contributed by atoms with van der Waals surface area (Å²) in [6.45, 7) is 9.22. The highest BCUT2D eigenvalue weighted by Gasteiger charge is 2.37. The van der Waals surface area contributed by atoms with Crippen LogP contribution >= 0.6 is 0 Å². The number of aryl methyl sites for hydroxylation is 2. The van der Waals surface area contributed by atoms with Gasteiger partial charge in [0.15, 0.2) is 11.6 Å². The Morgan fingerprint density at radius 2 is 1.88 bits per heavy atom. The summed E-state index contributed by atoms with van der Waals surface area (Å²) in [6.07, 6.45) is 8.27. The molecule has 0 aliphatic carbocycles. The van der Waals surface area contributed by atoms with Crippen molar-refractivity contribution >= 4 is 29.3 Å². The molecule has 0 aromatic carbocycles. The van der Waals surface area contributed by atoms with Gasteiger partial charge in [-0.25, -0.2) is 19.3 Å². The molecule has 1 unspecified atom stereocenters. The van der Waals surface area contributed by atoms with Crippen LogP contribution in [-0.4, -0.2) is 83.6 Å². The molecule has 2 amide bonds. The largest absolute Gasteiger partial charge is 0.487 e. The van der Waals surface area contributed by atoms with Gasteiger partial charge in [-0.05, 0) is 58.2 Å². The number of aromatic nitrogens is 6. The van der Waals surface area contributed by atoms with E-state index in [0.717, 1.165) is 41.7 Å². The maximum absolute atomic E-state index is 13.0. The van der Waals surface area contributed by atoms with E-state index in [0.29, 0.717) is 30.7 Å². The molecule has 6 heterocycles. The lowest BCUT2D eigenvalue weighted by Crippen LogP contribution is -2.55. The Morgan fingerprint density at radius 3 is 2.55 bits per heavy atom. The Balaban J connectivity index is 1.13. The first kappa shape index (κ1) is 27.5. The van der Waals surface area contributed by atoms with E-state index in [4.69, 9.17) is 9.47 Å². The number of hydrogen-bond donors (Lipinski definition) is 1. The average molecular weight is 574 g/mol.